The van der Waals surface area contributed by atoms with E-state index in [0.717, 1.165) is 31.5 Å². The Balaban J connectivity index is 2.41. The van der Waals surface area contributed by atoms with E-state index in [1.807, 2.05) is 0 Å². The van der Waals surface area contributed by atoms with E-state index in [4.69, 9.17) is 10.5 Å². The Bertz CT molecular complexity index is 474. The maximum atomic E-state index is 11.9. The SMILES string of the molecule is COC(=O)c1cccc(N)c1N1CCCCC1CCO. The van der Waals surface area contributed by atoms with Gasteiger partial charge in [-0.1, -0.05) is 6.07 Å². The zero-order chi connectivity index (χ0) is 14.5. The minimum absolute atomic E-state index is 0.140. The van der Waals surface area contributed by atoms with Crippen LogP contribution in [0, 0.1) is 0 Å². The van der Waals surface area contributed by atoms with Crippen molar-refractivity contribution in [3.63, 3.8) is 0 Å². The molecule has 0 saturated carbocycles. The smallest absolute Gasteiger partial charge is 0.340 e. The largest absolute Gasteiger partial charge is 0.465 e. The number of para-hydroxylation sites is 1. The molecule has 0 spiro atoms. The molecular formula is C15H22N2O3. The summed E-state index contributed by atoms with van der Waals surface area (Å²) in [6.45, 7) is 0.990. The molecule has 1 fully saturated rings. The van der Waals surface area contributed by atoms with Gasteiger partial charge in [-0.25, -0.2) is 4.79 Å². The number of rotatable bonds is 4. The predicted molar refractivity (Wildman–Crippen MR) is 78.9 cm³/mol. The van der Waals surface area contributed by atoms with Crippen molar-refractivity contribution in [1.82, 2.24) is 0 Å². The third-order valence-electron chi connectivity index (χ3n) is 3.85. The van der Waals surface area contributed by atoms with Crippen LogP contribution < -0.4 is 10.6 Å². The maximum Gasteiger partial charge on any atom is 0.340 e. The van der Waals surface area contributed by atoms with Crippen molar-refractivity contribution in [3.8, 4) is 0 Å². The van der Waals surface area contributed by atoms with Crippen LogP contribution in [0.5, 0.6) is 0 Å². The molecule has 2 rings (SSSR count). The van der Waals surface area contributed by atoms with Crippen molar-refractivity contribution in [1.29, 1.82) is 0 Å². The van der Waals surface area contributed by atoms with Crippen molar-refractivity contribution >= 4 is 17.3 Å². The normalized spacial score (nSPS) is 18.9. The van der Waals surface area contributed by atoms with Gasteiger partial charge in [0.05, 0.1) is 24.0 Å². The summed E-state index contributed by atoms with van der Waals surface area (Å²) in [7, 11) is 1.37. The number of benzene rings is 1. The first-order chi connectivity index (χ1) is 9.69. The topological polar surface area (TPSA) is 75.8 Å². The number of aliphatic hydroxyl groups excluding tert-OH is 1. The van der Waals surface area contributed by atoms with E-state index in [0.29, 0.717) is 17.7 Å². The van der Waals surface area contributed by atoms with Gasteiger partial charge in [0.2, 0.25) is 0 Å². The van der Waals surface area contributed by atoms with Crippen molar-refractivity contribution in [3.05, 3.63) is 23.8 Å². The second kappa shape index (κ2) is 6.61. The Kier molecular flexibility index (Phi) is 4.84. The van der Waals surface area contributed by atoms with Crippen molar-refractivity contribution < 1.29 is 14.6 Å². The number of ether oxygens (including phenoxy) is 1. The van der Waals surface area contributed by atoms with E-state index in [-0.39, 0.29) is 18.6 Å². The first kappa shape index (κ1) is 14.7. The molecule has 1 atom stereocenters. The molecule has 20 heavy (non-hydrogen) atoms. The van der Waals surface area contributed by atoms with Gasteiger partial charge in [0.25, 0.3) is 0 Å². The number of piperidine rings is 1. The number of esters is 1. The highest BCUT2D eigenvalue weighted by molar-refractivity contribution is 5.99. The van der Waals surface area contributed by atoms with Crippen LogP contribution in [0.3, 0.4) is 0 Å². The highest BCUT2D eigenvalue weighted by Gasteiger charge is 2.27. The van der Waals surface area contributed by atoms with Crippen LogP contribution in [0.1, 0.15) is 36.0 Å². The maximum absolute atomic E-state index is 11.9. The lowest BCUT2D eigenvalue weighted by molar-refractivity contribution is 0.0601. The molecule has 5 heteroatoms. The molecule has 1 aliphatic heterocycles. The monoisotopic (exact) mass is 278 g/mol. The molecule has 5 nitrogen and oxygen atoms in total. The van der Waals surface area contributed by atoms with Gasteiger partial charge in [-0.2, -0.15) is 0 Å². The highest BCUT2D eigenvalue weighted by Crippen LogP contribution is 2.34. The van der Waals surface area contributed by atoms with Crippen LogP contribution in [-0.2, 0) is 4.74 Å². The predicted octanol–water partition coefficient (Wildman–Crippen LogP) is 1.80. The molecule has 0 bridgehead atoms. The summed E-state index contributed by atoms with van der Waals surface area (Å²) in [5.41, 5.74) is 7.92. The van der Waals surface area contributed by atoms with E-state index < -0.39 is 0 Å². The van der Waals surface area contributed by atoms with Crippen LogP contribution in [0.25, 0.3) is 0 Å². The Morgan fingerprint density at radius 1 is 1.50 bits per heavy atom. The molecule has 1 aromatic carbocycles. The van der Waals surface area contributed by atoms with Crippen molar-refractivity contribution in [2.75, 3.05) is 30.9 Å². The Hall–Kier alpha value is -1.75. The summed E-state index contributed by atoms with van der Waals surface area (Å²) in [5.74, 6) is -0.374. The molecule has 0 radical (unpaired) electrons. The summed E-state index contributed by atoms with van der Waals surface area (Å²) in [4.78, 5) is 14.1. The van der Waals surface area contributed by atoms with Gasteiger partial charge in [-0.3, -0.25) is 0 Å². The van der Waals surface area contributed by atoms with E-state index in [1.165, 1.54) is 7.11 Å². The van der Waals surface area contributed by atoms with Crippen LogP contribution in [0.4, 0.5) is 11.4 Å². The Morgan fingerprint density at radius 2 is 2.30 bits per heavy atom. The first-order valence-corrected chi connectivity index (χ1v) is 7.03. The van der Waals surface area contributed by atoms with Gasteiger partial charge < -0.3 is 20.5 Å². The third kappa shape index (κ3) is 2.88. The zero-order valence-corrected chi connectivity index (χ0v) is 11.8. The van der Waals surface area contributed by atoms with Gasteiger partial charge >= 0.3 is 5.97 Å². The van der Waals surface area contributed by atoms with E-state index in [2.05, 4.69) is 4.90 Å². The Morgan fingerprint density at radius 3 is 3.00 bits per heavy atom. The number of hydrogen-bond acceptors (Lipinski definition) is 5. The van der Waals surface area contributed by atoms with Crippen LogP contribution in [-0.4, -0.2) is 37.4 Å². The Labute approximate surface area is 119 Å². The third-order valence-corrected chi connectivity index (χ3v) is 3.85. The molecule has 1 heterocycles. The van der Waals surface area contributed by atoms with Crippen molar-refractivity contribution in [2.45, 2.75) is 31.7 Å². The van der Waals surface area contributed by atoms with Gasteiger partial charge in [-0.15, -0.1) is 0 Å². The average molecular weight is 278 g/mol. The minimum Gasteiger partial charge on any atom is -0.465 e. The fraction of sp³-hybridized carbons (Fsp3) is 0.533. The lowest BCUT2D eigenvalue weighted by Crippen LogP contribution is -2.41. The molecule has 110 valence electrons. The summed E-state index contributed by atoms with van der Waals surface area (Å²) in [5, 5.41) is 9.23. The molecule has 0 aliphatic carbocycles. The summed E-state index contributed by atoms with van der Waals surface area (Å²) in [6, 6.07) is 5.52. The lowest BCUT2D eigenvalue weighted by atomic mass is 9.97. The number of anilines is 2. The number of nitrogens with two attached hydrogens (primary N) is 1. The summed E-state index contributed by atoms with van der Waals surface area (Å²) >= 11 is 0. The summed E-state index contributed by atoms with van der Waals surface area (Å²) < 4.78 is 4.85. The second-order valence-electron chi connectivity index (χ2n) is 5.09. The summed E-state index contributed by atoms with van der Waals surface area (Å²) in [6.07, 6.45) is 3.91. The number of aliphatic hydroxyl groups is 1. The highest BCUT2D eigenvalue weighted by atomic mass is 16.5. The van der Waals surface area contributed by atoms with E-state index in [1.54, 1.807) is 18.2 Å². The molecule has 0 aromatic heterocycles. The number of methoxy groups -OCH3 is 1. The van der Waals surface area contributed by atoms with Crippen molar-refractivity contribution in [2.24, 2.45) is 0 Å². The standard InChI is InChI=1S/C15H22N2O3/c1-20-15(19)12-6-4-7-13(16)14(12)17-9-3-2-5-11(17)8-10-18/h4,6-7,11,18H,2-3,5,8-10,16H2,1H3. The molecule has 1 saturated heterocycles. The average Bonchev–Trinajstić information content (AvgIpc) is 2.47. The van der Waals surface area contributed by atoms with Crippen LogP contribution in [0.15, 0.2) is 18.2 Å². The van der Waals surface area contributed by atoms with Gasteiger partial charge in [-0.05, 0) is 37.8 Å². The first-order valence-electron chi connectivity index (χ1n) is 7.03. The molecular weight excluding hydrogens is 256 g/mol. The number of carbonyl (C=O) groups is 1. The molecule has 0 amide bonds. The number of hydrogen-bond donors (Lipinski definition) is 2. The molecule has 1 aliphatic rings. The van der Waals surface area contributed by atoms with E-state index in [9.17, 15) is 9.90 Å². The van der Waals surface area contributed by atoms with Crippen LogP contribution in [0.2, 0.25) is 0 Å². The van der Waals surface area contributed by atoms with Gasteiger partial charge in [0, 0.05) is 19.2 Å². The second-order valence-corrected chi connectivity index (χ2v) is 5.09. The minimum atomic E-state index is -0.374. The number of carbonyl (C=O) groups excluding carboxylic acids is 1. The van der Waals surface area contributed by atoms with Gasteiger partial charge in [0.15, 0.2) is 0 Å². The number of nitrogens with zero attached hydrogens (tertiary/aromatic N) is 1. The van der Waals surface area contributed by atoms with Gasteiger partial charge in [0.1, 0.15) is 0 Å². The molecule has 3 N–H and O–H groups in total. The van der Waals surface area contributed by atoms with Crippen LogP contribution >= 0.6 is 0 Å². The zero-order valence-electron chi connectivity index (χ0n) is 11.8. The molecule has 1 unspecified atom stereocenters. The fourth-order valence-corrected chi connectivity index (χ4v) is 2.90. The lowest BCUT2D eigenvalue weighted by Gasteiger charge is -2.38. The number of nitrogen functional groups attached to an aromatic ring is 1. The fourth-order valence-electron chi connectivity index (χ4n) is 2.90. The quantitative estimate of drug-likeness (QED) is 0.649. The molecule has 1 aromatic rings. The van der Waals surface area contributed by atoms with E-state index >= 15 is 0 Å².